The first kappa shape index (κ1) is 16.2. The van der Waals surface area contributed by atoms with Crippen LogP contribution in [0.2, 0.25) is 0 Å². The molecular formula is C19H11N3O3S2. The Bertz CT molecular complexity index is 1150. The second-order valence-corrected chi connectivity index (χ2v) is 7.51. The van der Waals surface area contributed by atoms with Crippen molar-refractivity contribution in [3.05, 3.63) is 59.3 Å². The molecule has 0 unspecified atom stereocenters. The molecule has 3 aromatic rings. The predicted molar refractivity (Wildman–Crippen MR) is 108 cm³/mol. The Morgan fingerprint density at radius 2 is 1.93 bits per heavy atom. The van der Waals surface area contributed by atoms with Gasteiger partial charge in [-0.25, -0.2) is 4.98 Å². The first-order valence-corrected chi connectivity index (χ1v) is 9.31. The molecule has 0 aliphatic carbocycles. The van der Waals surface area contributed by atoms with E-state index in [1.54, 1.807) is 30.5 Å². The van der Waals surface area contributed by atoms with Gasteiger partial charge in [0.25, 0.3) is 5.91 Å². The zero-order valence-corrected chi connectivity index (χ0v) is 15.4. The topological polar surface area (TPSA) is 64.6 Å². The largest absolute Gasteiger partial charge is 0.454 e. The van der Waals surface area contributed by atoms with E-state index in [1.807, 2.05) is 24.3 Å². The van der Waals surface area contributed by atoms with Crippen molar-refractivity contribution in [2.24, 2.45) is 0 Å². The van der Waals surface area contributed by atoms with E-state index in [1.165, 1.54) is 16.7 Å². The van der Waals surface area contributed by atoms with Crippen molar-refractivity contribution in [3.8, 4) is 11.5 Å². The maximum Gasteiger partial charge on any atom is 0.270 e. The number of carbonyl (C=O) groups is 1. The molecule has 0 bridgehead atoms. The highest BCUT2D eigenvalue weighted by atomic mass is 32.2. The molecule has 0 N–H and O–H groups in total. The Hall–Kier alpha value is -2.97. The number of carbonyl (C=O) groups excluding carboxylic acids is 1. The minimum absolute atomic E-state index is 0.178. The SMILES string of the molecule is O=C1/C(=C\c2cnc3ccccc3n2)SC(=S)N1c1ccc2c(c1)OCO2. The van der Waals surface area contributed by atoms with E-state index in [2.05, 4.69) is 9.97 Å². The highest BCUT2D eigenvalue weighted by molar-refractivity contribution is 8.27. The number of hydrogen-bond donors (Lipinski definition) is 0. The van der Waals surface area contributed by atoms with Crippen LogP contribution in [0.4, 0.5) is 5.69 Å². The fourth-order valence-electron chi connectivity index (χ4n) is 2.89. The number of ether oxygens (including phenoxy) is 2. The molecule has 1 aromatic heterocycles. The van der Waals surface area contributed by atoms with E-state index in [4.69, 9.17) is 21.7 Å². The Morgan fingerprint density at radius 1 is 1.11 bits per heavy atom. The lowest BCUT2D eigenvalue weighted by Crippen LogP contribution is -2.27. The molecule has 3 heterocycles. The number of anilines is 1. The fraction of sp³-hybridized carbons (Fsp3) is 0.0526. The Balaban J connectivity index is 1.48. The van der Waals surface area contributed by atoms with E-state index >= 15 is 0 Å². The first-order chi connectivity index (χ1) is 13.2. The summed E-state index contributed by atoms with van der Waals surface area (Å²) >= 11 is 6.66. The van der Waals surface area contributed by atoms with Gasteiger partial charge in [0.15, 0.2) is 15.8 Å². The van der Waals surface area contributed by atoms with Gasteiger partial charge in [0.05, 0.1) is 33.5 Å². The summed E-state index contributed by atoms with van der Waals surface area (Å²) in [6, 6.07) is 12.9. The summed E-state index contributed by atoms with van der Waals surface area (Å²) in [7, 11) is 0. The first-order valence-electron chi connectivity index (χ1n) is 8.08. The number of thiocarbonyl (C=S) groups is 1. The minimum atomic E-state index is -0.196. The molecule has 2 aromatic carbocycles. The molecule has 1 saturated heterocycles. The maximum absolute atomic E-state index is 12.9. The van der Waals surface area contributed by atoms with Gasteiger partial charge in [0.2, 0.25) is 6.79 Å². The summed E-state index contributed by atoms with van der Waals surface area (Å²) in [5.74, 6) is 1.07. The van der Waals surface area contributed by atoms with Gasteiger partial charge < -0.3 is 9.47 Å². The summed E-state index contributed by atoms with van der Waals surface area (Å²) in [5.41, 5.74) is 2.84. The van der Waals surface area contributed by atoms with Crippen LogP contribution in [0.3, 0.4) is 0 Å². The Labute approximate surface area is 163 Å². The van der Waals surface area contributed by atoms with Gasteiger partial charge in [0.1, 0.15) is 0 Å². The minimum Gasteiger partial charge on any atom is -0.454 e. The molecule has 0 saturated carbocycles. The molecular weight excluding hydrogens is 382 g/mol. The average molecular weight is 393 g/mol. The van der Waals surface area contributed by atoms with Crippen molar-refractivity contribution in [1.29, 1.82) is 0 Å². The van der Waals surface area contributed by atoms with Crippen LogP contribution in [0.15, 0.2) is 53.6 Å². The van der Waals surface area contributed by atoms with Crippen molar-refractivity contribution >= 4 is 57.0 Å². The lowest BCUT2D eigenvalue weighted by atomic mass is 10.2. The van der Waals surface area contributed by atoms with E-state index in [0.717, 1.165) is 11.0 Å². The highest BCUT2D eigenvalue weighted by Gasteiger charge is 2.34. The van der Waals surface area contributed by atoms with E-state index in [-0.39, 0.29) is 12.7 Å². The zero-order chi connectivity index (χ0) is 18.4. The molecule has 2 aliphatic rings. The number of thioether (sulfide) groups is 1. The van der Waals surface area contributed by atoms with E-state index in [0.29, 0.717) is 32.1 Å². The number of benzene rings is 2. The highest BCUT2D eigenvalue weighted by Crippen LogP contribution is 2.40. The summed E-state index contributed by atoms with van der Waals surface area (Å²) in [4.78, 5) is 23.8. The van der Waals surface area contributed by atoms with Crippen LogP contribution in [0.5, 0.6) is 11.5 Å². The maximum atomic E-state index is 12.9. The van der Waals surface area contributed by atoms with Gasteiger partial charge in [-0.05, 0) is 30.3 Å². The van der Waals surface area contributed by atoms with Gasteiger partial charge in [-0.2, -0.15) is 0 Å². The molecule has 0 atom stereocenters. The average Bonchev–Trinajstić information content (AvgIpc) is 3.25. The van der Waals surface area contributed by atoms with E-state index in [9.17, 15) is 4.79 Å². The van der Waals surface area contributed by atoms with Gasteiger partial charge in [-0.15, -0.1) is 0 Å². The van der Waals surface area contributed by atoms with Crippen LogP contribution in [-0.4, -0.2) is 27.0 Å². The lowest BCUT2D eigenvalue weighted by molar-refractivity contribution is -0.113. The molecule has 8 heteroatoms. The normalized spacial score (nSPS) is 17.3. The second-order valence-electron chi connectivity index (χ2n) is 5.84. The number of amides is 1. The third-order valence-corrected chi connectivity index (χ3v) is 5.46. The number of rotatable bonds is 2. The molecule has 132 valence electrons. The van der Waals surface area contributed by atoms with Crippen molar-refractivity contribution in [3.63, 3.8) is 0 Å². The van der Waals surface area contributed by atoms with Crippen LogP contribution < -0.4 is 14.4 Å². The molecule has 0 radical (unpaired) electrons. The number of hydrogen-bond acceptors (Lipinski definition) is 7. The molecule has 1 amide bonds. The predicted octanol–water partition coefficient (Wildman–Crippen LogP) is 3.76. The van der Waals surface area contributed by atoms with Crippen LogP contribution in [-0.2, 0) is 4.79 Å². The zero-order valence-electron chi connectivity index (χ0n) is 13.8. The summed E-state index contributed by atoms with van der Waals surface area (Å²) in [5, 5.41) is 0. The third kappa shape index (κ3) is 2.83. The number of para-hydroxylation sites is 2. The monoisotopic (exact) mass is 393 g/mol. The fourth-order valence-corrected chi connectivity index (χ4v) is 4.17. The van der Waals surface area contributed by atoms with Gasteiger partial charge in [0, 0.05) is 6.07 Å². The van der Waals surface area contributed by atoms with Gasteiger partial charge in [-0.1, -0.05) is 36.1 Å². The molecule has 6 nitrogen and oxygen atoms in total. The summed E-state index contributed by atoms with van der Waals surface area (Å²) in [6.45, 7) is 0.178. The molecule has 1 fully saturated rings. The van der Waals surface area contributed by atoms with Crippen molar-refractivity contribution < 1.29 is 14.3 Å². The van der Waals surface area contributed by atoms with Crippen LogP contribution >= 0.6 is 24.0 Å². The summed E-state index contributed by atoms with van der Waals surface area (Å²) in [6.07, 6.45) is 3.36. The smallest absolute Gasteiger partial charge is 0.270 e. The quantitative estimate of drug-likeness (QED) is 0.485. The molecule has 27 heavy (non-hydrogen) atoms. The van der Waals surface area contributed by atoms with Crippen molar-refractivity contribution in [2.45, 2.75) is 0 Å². The molecule has 0 spiro atoms. The number of nitrogens with zero attached hydrogens (tertiary/aromatic N) is 3. The van der Waals surface area contributed by atoms with Crippen molar-refractivity contribution in [1.82, 2.24) is 9.97 Å². The standard InChI is InChI=1S/C19H11N3O3S2/c23-18-17(7-11-9-20-13-3-1-2-4-14(13)21-11)27-19(26)22(18)12-5-6-15-16(8-12)25-10-24-15/h1-9H,10H2/b17-7+. The van der Waals surface area contributed by atoms with Crippen LogP contribution in [0.1, 0.15) is 5.69 Å². The third-order valence-electron chi connectivity index (χ3n) is 4.15. The van der Waals surface area contributed by atoms with E-state index < -0.39 is 0 Å². The van der Waals surface area contributed by atoms with Gasteiger partial charge in [-0.3, -0.25) is 14.7 Å². The second kappa shape index (κ2) is 6.33. The number of fused-ring (bicyclic) bond motifs is 2. The van der Waals surface area contributed by atoms with Gasteiger partial charge >= 0.3 is 0 Å². The Morgan fingerprint density at radius 3 is 2.81 bits per heavy atom. The lowest BCUT2D eigenvalue weighted by Gasteiger charge is -2.14. The number of aromatic nitrogens is 2. The molecule has 5 rings (SSSR count). The Kier molecular flexibility index (Phi) is 3.80. The van der Waals surface area contributed by atoms with Crippen LogP contribution in [0.25, 0.3) is 17.1 Å². The van der Waals surface area contributed by atoms with Crippen molar-refractivity contribution in [2.75, 3.05) is 11.7 Å². The molecule has 2 aliphatic heterocycles. The summed E-state index contributed by atoms with van der Waals surface area (Å²) < 4.78 is 11.2. The van der Waals surface area contributed by atoms with Crippen LogP contribution in [0, 0.1) is 0 Å².